The van der Waals surface area contributed by atoms with Crippen molar-refractivity contribution in [2.75, 3.05) is 5.45 Å². The molecular weight excluding hydrogens is 358 g/mol. The van der Waals surface area contributed by atoms with E-state index in [2.05, 4.69) is 59.0 Å². The van der Waals surface area contributed by atoms with Crippen LogP contribution in [-0.2, 0) is 0 Å². The van der Waals surface area contributed by atoms with E-state index in [9.17, 15) is 0 Å². The topological polar surface area (TPSA) is 27.6 Å². The molecular formula is C17H22BrN3S. The van der Waals surface area contributed by atoms with Gasteiger partial charge in [0.25, 0.3) is 0 Å². The first-order valence-electron chi connectivity index (χ1n) is 7.01. The summed E-state index contributed by atoms with van der Waals surface area (Å²) in [5, 5.41) is 4.04. The van der Waals surface area contributed by atoms with Gasteiger partial charge in [-0.1, -0.05) is 47.3 Å². The van der Waals surface area contributed by atoms with E-state index in [0.717, 1.165) is 12.1 Å². The highest BCUT2D eigenvalue weighted by Gasteiger charge is 2.26. The fraction of sp³-hybridized carbons (Fsp3) is 0.294. The molecule has 0 radical (unpaired) electrons. The van der Waals surface area contributed by atoms with Crippen LogP contribution >= 0.6 is 28.1 Å². The van der Waals surface area contributed by atoms with E-state index >= 15 is 0 Å². The highest BCUT2D eigenvalue weighted by Crippen LogP contribution is 2.39. The average molecular weight is 380 g/mol. The third-order valence-electron chi connectivity index (χ3n) is 3.34. The van der Waals surface area contributed by atoms with E-state index in [-0.39, 0.29) is 0 Å². The van der Waals surface area contributed by atoms with Crippen molar-refractivity contribution in [1.29, 1.82) is 0 Å². The average Bonchev–Trinajstić information content (AvgIpc) is 3.32. The maximum absolute atomic E-state index is 5.22. The minimum atomic E-state index is 0.452. The van der Waals surface area contributed by atoms with Gasteiger partial charge in [0.15, 0.2) is 5.11 Å². The van der Waals surface area contributed by atoms with E-state index in [1.807, 2.05) is 18.2 Å². The van der Waals surface area contributed by atoms with Gasteiger partial charge in [-0.15, -0.1) is 6.58 Å². The molecule has 0 aliphatic heterocycles. The normalized spacial score (nSPS) is 15.0. The first-order chi connectivity index (χ1) is 10.6. The maximum atomic E-state index is 5.22. The van der Waals surface area contributed by atoms with Crippen LogP contribution in [0.2, 0.25) is 0 Å². The monoisotopic (exact) mass is 379 g/mol. The predicted molar refractivity (Wildman–Crippen MR) is 104 cm³/mol. The van der Waals surface area contributed by atoms with Crippen molar-refractivity contribution >= 4 is 40.0 Å². The number of allylic oxidation sites excluding steroid dienone is 6. The second-order valence-corrected chi connectivity index (χ2v) is 5.79. The number of alkyl halides is 1. The summed E-state index contributed by atoms with van der Waals surface area (Å²) < 4.78 is 0. The summed E-state index contributed by atoms with van der Waals surface area (Å²) in [5.74, 6) is 0.620. The first-order valence-corrected chi connectivity index (χ1v) is 8.54. The lowest BCUT2D eigenvalue weighted by Crippen LogP contribution is -2.34. The van der Waals surface area contributed by atoms with Gasteiger partial charge in [0.05, 0.1) is 5.45 Å². The SMILES string of the molecule is C=CC/C(C=C)=C(\C=C/C(=C)N(CBr)C(=S)NN=C)C1CC1. The first kappa shape index (κ1) is 18.6. The molecule has 1 rings (SSSR count). The summed E-state index contributed by atoms with van der Waals surface area (Å²) in [6.45, 7) is 15.2. The Kier molecular flexibility index (Phi) is 8.06. The molecule has 22 heavy (non-hydrogen) atoms. The van der Waals surface area contributed by atoms with Crippen molar-refractivity contribution in [1.82, 2.24) is 10.3 Å². The highest BCUT2D eigenvalue weighted by molar-refractivity contribution is 9.09. The molecule has 0 amide bonds. The Morgan fingerprint density at radius 2 is 2.05 bits per heavy atom. The molecule has 1 saturated carbocycles. The minimum absolute atomic E-state index is 0.452. The van der Waals surface area contributed by atoms with Crippen molar-refractivity contribution in [2.24, 2.45) is 11.0 Å². The molecule has 0 unspecified atom stereocenters. The smallest absolute Gasteiger partial charge is 0.194 e. The zero-order valence-corrected chi connectivity index (χ0v) is 15.1. The molecule has 3 nitrogen and oxygen atoms in total. The third kappa shape index (κ3) is 5.39. The molecule has 5 heteroatoms. The summed E-state index contributed by atoms with van der Waals surface area (Å²) in [6.07, 6.45) is 11.2. The van der Waals surface area contributed by atoms with E-state index in [1.165, 1.54) is 24.0 Å². The fourth-order valence-electron chi connectivity index (χ4n) is 2.04. The Morgan fingerprint density at radius 3 is 2.50 bits per heavy atom. The largest absolute Gasteiger partial charge is 0.308 e. The van der Waals surface area contributed by atoms with Crippen LogP contribution in [-0.4, -0.2) is 22.2 Å². The lowest BCUT2D eigenvalue weighted by molar-refractivity contribution is 0.615. The fourth-order valence-corrected chi connectivity index (χ4v) is 3.02. The van der Waals surface area contributed by atoms with Gasteiger partial charge in [-0.2, -0.15) is 5.10 Å². The second-order valence-electron chi connectivity index (χ2n) is 4.90. The number of hydrogen-bond acceptors (Lipinski definition) is 2. The molecule has 0 bridgehead atoms. The van der Waals surface area contributed by atoms with Crippen molar-refractivity contribution in [3.63, 3.8) is 0 Å². The van der Waals surface area contributed by atoms with Gasteiger partial charge in [-0.25, -0.2) is 0 Å². The van der Waals surface area contributed by atoms with Crippen LogP contribution in [0.4, 0.5) is 0 Å². The summed E-state index contributed by atoms with van der Waals surface area (Å²) in [5.41, 5.74) is 6.50. The Balaban J connectivity index is 2.92. The zero-order valence-electron chi connectivity index (χ0n) is 12.7. The van der Waals surface area contributed by atoms with Gasteiger partial charge in [0.2, 0.25) is 0 Å². The Morgan fingerprint density at radius 1 is 1.36 bits per heavy atom. The van der Waals surface area contributed by atoms with Gasteiger partial charge in [0, 0.05) is 12.4 Å². The van der Waals surface area contributed by atoms with Gasteiger partial charge >= 0.3 is 0 Å². The van der Waals surface area contributed by atoms with Gasteiger partial charge in [0.1, 0.15) is 0 Å². The Bertz CT molecular complexity index is 530. The second kappa shape index (κ2) is 9.54. The standard InChI is InChI=1S/C17H22BrN3S/c1-5-7-14(6-2)16(15-9-10-15)11-8-13(3)21(12-18)17(22)20-19-4/h5-6,8,11,15H,1-4,7,9-10,12H2,(H,20,22)/b11-8-,16-14+. The molecule has 0 heterocycles. The Labute approximate surface area is 147 Å². The van der Waals surface area contributed by atoms with Crippen LogP contribution in [0.1, 0.15) is 19.3 Å². The summed E-state index contributed by atoms with van der Waals surface area (Å²) >= 11 is 8.63. The lowest BCUT2D eigenvalue weighted by Gasteiger charge is -2.22. The molecule has 0 atom stereocenters. The highest BCUT2D eigenvalue weighted by atomic mass is 79.9. The molecule has 0 spiro atoms. The number of thiocarbonyl (C=S) groups is 1. The number of hydrogen-bond donors (Lipinski definition) is 1. The van der Waals surface area contributed by atoms with Crippen molar-refractivity contribution in [2.45, 2.75) is 19.3 Å². The number of nitrogens with one attached hydrogen (secondary N) is 1. The van der Waals surface area contributed by atoms with Crippen LogP contribution < -0.4 is 5.43 Å². The van der Waals surface area contributed by atoms with E-state index in [0.29, 0.717) is 16.5 Å². The summed E-state index contributed by atoms with van der Waals surface area (Å²) in [4.78, 5) is 1.80. The van der Waals surface area contributed by atoms with E-state index < -0.39 is 0 Å². The van der Waals surface area contributed by atoms with Gasteiger partial charge in [-0.05, 0) is 54.6 Å². The number of hydrazone groups is 1. The van der Waals surface area contributed by atoms with Crippen LogP contribution in [0.5, 0.6) is 0 Å². The summed E-state index contributed by atoms with van der Waals surface area (Å²) in [6, 6.07) is 0. The van der Waals surface area contributed by atoms with Crippen molar-refractivity contribution in [3.8, 4) is 0 Å². The Hall–Kier alpha value is -1.46. The molecule has 0 aromatic rings. The minimum Gasteiger partial charge on any atom is -0.308 e. The van der Waals surface area contributed by atoms with Crippen LogP contribution in [0.15, 0.2) is 66.0 Å². The van der Waals surface area contributed by atoms with Crippen LogP contribution in [0, 0.1) is 5.92 Å². The number of rotatable bonds is 9. The quantitative estimate of drug-likeness (QED) is 0.120. The van der Waals surface area contributed by atoms with Crippen molar-refractivity contribution < 1.29 is 0 Å². The predicted octanol–water partition coefficient (Wildman–Crippen LogP) is 4.67. The van der Waals surface area contributed by atoms with Crippen LogP contribution in [0.3, 0.4) is 0 Å². The lowest BCUT2D eigenvalue weighted by atomic mass is 10.00. The van der Waals surface area contributed by atoms with Gasteiger partial charge < -0.3 is 4.90 Å². The molecule has 1 aliphatic rings. The molecule has 1 N–H and O–H groups in total. The molecule has 1 fully saturated rings. The zero-order chi connectivity index (χ0) is 16.5. The number of nitrogens with zero attached hydrogens (tertiary/aromatic N) is 2. The van der Waals surface area contributed by atoms with E-state index in [1.54, 1.807) is 4.90 Å². The van der Waals surface area contributed by atoms with E-state index in [4.69, 9.17) is 12.2 Å². The third-order valence-corrected chi connectivity index (χ3v) is 4.15. The maximum Gasteiger partial charge on any atom is 0.194 e. The molecule has 1 aliphatic carbocycles. The van der Waals surface area contributed by atoms with Crippen molar-refractivity contribution in [3.05, 3.63) is 60.9 Å². The molecule has 0 saturated heterocycles. The molecule has 0 aromatic heterocycles. The molecule has 118 valence electrons. The number of halogens is 1. The summed E-state index contributed by atoms with van der Waals surface area (Å²) in [7, 11) is 0. The van der Waals surface area contributed by atoms with Crippen LogP contribution in [0.25, 0.3) is 0 Å². The van der Waals surface area contributed by atoms with Gasteiger partial charge in [-0.3, -0.25) is 5.43 Å². The molecule has 0 aromatic carbocycles.